The van der Waals surface area contributed by atoms with Gasteiger partial charge in [0.2, 0.25) is 0 Å². The highest BCUT2D eigenvalue weighted by molar-refractivity contribution is 7.99. The summed E-state index contributed by atoms with van der Waals surface area (Å²) in [4.78, 5) is 58.3. The molecule has 0 aliphatic rings. The molecule has 14 heteroatoms. The number of carbonyl (C=O) groups excluding carboxylic acids is 4. The van der Waals surface area contributed by atoms with Crippen LogP contribution in [0, 0.1) is 0 Å². The Hall–Kier alpha value is -2.10. The number of ketones is 2. The maximum absolute atomic E-state index is 12.2. The summed E-state index contributed by atoms with van der Waals surface area (Å²) in [5.41, 5.74) is 0. The number of thioether (sulfide) groups is 1. The predicted octanol–water partition coefficient (Wildman–Crippen LogP) is 1.93. The Labute approximate surface area is 270 Å². The van der Waals surface area contributed by atoms with E-state index in [0.717, 1.165) is 11.5 Å². The van der Waals surface area contributed by atoms with Crippen molar-refractivity contribution in [3.63, 3.8) is 0 Å². The topological polar surface area (TPSA) is 217 Å². The normalized spacial score (nSPS) is 13.9. The van der Waals surface area contributed by atoms with Crippen molar-refractivity contribution in [2.45, 2.75) is 128 Å². The van der Waals surface area contributed by atoms with E-state index in [-0.39, 0.29) is 77.0 Å². The Balaban J connectivity index is 3.87. The molecule has 0 saturated carbocycles. The molecule has 0 saturated heterocycles. The lowest BCUT2D eigenvalue weighted by molar-refractivity contribution is -0.147. The van der Waals surface area contributed by atoms with E-state index in [0.29, 0.717) is 25.9 Å². The second-order valence-corrected chi connectivity index (χ2v) is 12.2. The van der Waals surface area contributed by atoms with Crippen molar-refractivity contribution in [2.75, 3.05) is 37.8 Å². The maximum Gasteiger partial charge on any atom is 0.305 e. The molecule has 0 aliphatic carbocycles. The number of hydrogen-bond donors (Lipinski definition) is 6. The molecule has 0 radical (unpaired) electrons. The lowest BCUT2D eigenvalue weighted by Gasteiger charge is -2.16. The Bertz CT molecular complexity index is 843. The van der Waals surface area contributed by atoms with Crippen molar-refractivity contribution < 1.29 is 59.0 Å². The number of unbranched alkanes of at least 4 members (excludes halogenated alkanes) is 4. The van der Waals surface area contributed by atoms with Gasteiger partial charge in [0.05, 0.1) is 6.61 Å². The molecule has 0 aromatic rings. The van der Waals surface area contributed by atoms with E-state index in [4.69, 9.17) is 14.6 Å². The molecule has 4 atom stereocenters. The highest BCUT2D eigenvalue weighted by Gasteiger charge is 2.24. The standard InChI is InChI=1S/C31H55NO12S/c1-2-3-4-7-21-45-22-20-44-29(40)14-9-19-43-28(39)13-8-11-24(34)31(42)26(36)16-18-32-17-15-25(35)30(41)23(33)10-5-6-12-27(37)38/h23-26,32-36H,2-22H2,1H3,(H,37,38). The van der Waals surface area contributed by atoms with Crippen molar-refractivity contribution in [3.05, 3.63) is 0 Å². The van der Waals surface area contributed by atoms with Gasteiger partial charge in [0.15, 0.2) is 11.6 Å². The number of esters is 2. The number of aliphatic carboxylic acids is 1. The summed E-state index contributed by atoms with van der Waals surface area (Å²) in [5, 5.41) is 51.4. The van der Waals surface area contributed by atoms with Gasteiger partial charge < -0.3 is 40.3 Å². The highest BCUT2D eigenvalue weighted by atomic mass is 32.2. The van der Waals surface area contributed by atoms with E-state index in [2.05, 4.69) is 12.2 Å². The second kappa shape index (κ2) is 28.1. The highest BCUT2D eigenvalue weighted by Crippen LogP contribution is 2.10. The predicted molar refractivity (Wildman–Crippen MR) is 169 cm³/mol. The minimum absolute atomic E-state index is 0.00355. The third kappa shape index (κ3) is 24.8. The average Bonchev–Trinajstić information content (AvgIpc) is 3.01. The van der Waals surface area contributed by atoms with Crippen molar-refractivity contribution in [2.24, 2.45) is 0 Å². The summed E-state index contributed by atoms with van der Waals surface area (Å²) in [7, 11) is 0. The van der Waals surface area contributed by atoms with Gasteiger partial charge in [-0.2, -0.15) is 11.8 Å². The van der Waals surface area contributed by atoms with Crippen LogP contribution >= 0.6 is 11.8 Å². The number of ether oxygens (including phenoxy) is 2. The molecular formula is C31H55NO12S. The van der Waals surface area contributed by atoms with Crippen molar-refractivity contribution in [1.29, 1.82) is 0 Å². The molecule has 4 unspecified atom stereocenters. The summed E-state index contributed by atoms with van der Waals surface area (Å²) < 4.78 is 10.2. The van der Waals surface area contributed by atoms with Gasteiger partial charge >= 0.3 is 17.9 Å². The van der Waals surface area contributed by atoms with E-state index >= 15 is 0 Å². The van der Waals surface area contributed by atoms with Crippen molar-refractivity contribution in [3.8, 4) is 0 Å². The molecule has 0 fully saturated rings. The van der Waals surface area contributed by atoms with Crippen LogP contribution < -0.4 is 5.32 Å². The SMILES string of the molecule is CCCCCCSCCOC(=O)CCCOC(=O)CCCC(O)C(=O)C(O)CCNCCC(O)C(=O)C(O)CCCCC(=O)O. The van der Waals surface area contributed by atoms with Crippen LogP contribution in [0.1, 0.15) is 103 Å². The van der Waals surface area contributed by atoms with Crippen LogP contribution in [-0.4, -0.2) is 117 Å². The molecule has 0 rings (SSSR count). The zero-order valence-corrected chi connectivity index (χ0v) is 27.5. The lowest BCUT2D eigenvalue weighted by atomic mass is 10.0. The summed E-state index contributed by atoms with van der Waals surface area (Å²) in [6.45, 7) is 2.93. The Morgan fingerprint density at radius 1 is 0.600 bits per heavy atom. The first kappa shape index (κ1) is 42.9. The van der Waals surface area contributed by atoms with Gasteiger partial charge in [0.25, 0.3) is 0 Å². The minimum Gasteiger partial charge on any atom is -0.481 e. The number of nitrogens with one attached hydrogen (secondary N) is 1. The van der Waals surface area contributed by atoms with Gasteiger partial charge in [-0.25, -0.2) is 0 Å². The third-order valence-electron chi connectivity index (χ3n) is 6.90. The number of rotatable bonds is 31. The van der Waals surface area contributed by atoms with Crippen LogP contribution in [0.4, 0.5) is 0 Å². The first-order valence-corrected chi connectivity index (χ1v) is 17.3. The van der Waals surface area contributed by atoms with Crippen LogP contribution in [0.15, 0.2) is 0 Å². The molecule has 0 amide bonds. The number of aliphatic hydroxyl groups is 4. The van der Waals surface area contributed by atoms with Gasteiger partial charge in [-0.3, -0.25) is 24.0 Å². The quantitative estimate of drug-likeness (QED) is 0.0461. The van der Waals surface area contributed by atoms with E-state index in [1.54, 1.807) is 11.8 Å². The summed E-state index contributed by atoms with van der Waals surface area (Å²) in [6.07, 6.45) is 0.382. The first-order chi connectivity index (χ1) is 21.5. The summed E-state index contributed by atoms with van der Waals surface area (Å²) >= 11 is 1.76. The van der Waals surface area contributed by atoms with Gasteiger partial charge in [-0.15, -0.1) is 0 Å². The zero-order valence-electron chi connectivity index (χ0n) is 26.7. The van der Waals surface area contributed by atoms with Crippen LogP contribution in [0.2, 0.25) is 0 Å². The fourth-order valence-electron chi connectivity index (χ4n) is 4.16. The third-order valence-corrected chi connectivity index (χ3v) is 7.93. The van der Waals surface area contributed by atoms with Gasteiger partial charge in [-0.1, -0.05) is 26.2 Å². The Kier molecular flexibility index (Phi) is 26.8. The fraction of sp³-hybridized carbons (Fsp3) is 0.839. The van der Waals surface area contributed by atoms with Gasteiger partial charge in [0, 0.05) is 25.0 Å². The smallest absolute Gasteiger partial charge is 0.305 e. The molecule has 0 spiro atoms. The van der Waals surface area contributed by atoms with Gasteiger partial charge in [0.1, 0.15) is 31.0 Å². The monoisotopic (exact) mass is 665 g/mol. The van der Waals surface area contributed by atoms with Crippen LogP contribution in [0.3, 0.4) is 0 Å². The first-order valence-electron chi connectivity index (χ1n) is 16.1. The van der Waals surface area contributed by atoms with Crippen LogP contribution in [0.25, 0.3) is 0 Å². The van der Waals surface area contributed by atoms with E-state index < -0.39 is 47.9 Å². The molecule has 0 bridgehead atoms. The molecule has 0 aliphatic heterocycles. The number of carbonyl (C=O) groups is 5. The Morgan fingerprint density at radius 3 is 1.71 bits per heavy atom. The molecule has 0 aromatic carbocycles. The molecule has 13 nitrogen and oxygen atoms in total. The molecule has 0 heterocycles. The summed E-state index contributed by atoms with van der Waals surface area (Å²) in [6, 6.07) is 0. The minimum atomic E-state index is -1.45. The largest absolute Gasteiger partial charge is 0.481 e. The molecule has 45 heavy (non-hydrogen) atoms. The van der Waals surface area contributed by atoms with Crippen molar-refractivity contribution in [1.82, 2.24) is 5.32 Å². The summed E-state index contributed by atoms with van der Waals surface area (Å²) in [5.74, 6) is -1.51. The number of carboxylic acids is 1. The van der Waals surface area contributed by atoms with E-state index in [9.17, 15) is 44.4 Å². The lowest BCUT2D eigenvalue weighted by Crippen LogP contribution is -2.36. The molecule has 0 aromatic heterocycles. The Morgan fingerprint density at radius 2 is 1.13 bits per heavy atom. The number of aliphatic hydroxyl groups excluding tert-OH is 4. The number of hydrogen-bond acceptors (Lipinski definition) is 13. The maximum atomic E-state index is 12.2. The zero-order chi connectivity index (χ0) is 33.9. The molecular weight excluding hydrogens is 610 g/mol. The van der Waals surface area contributed by atoms with E-state index in [1.807, 2.05) is 0 Å². The van der Waals surface area contributed by atoms with E-state index in [1.165, 1.54) is 25.7 Å². The number of carboxylic acid groups (broad SMARTS) is 1. The second-order valence-electron chi connectivity index (χ2n) is 10.9. The van der Waals surface area contributed by atoms with Crippen molar-refractivity contribution >= 4 is 41.2 Å². The van der Waals surface area contributed by atoms with Gasteiger partial charge in [-0.05, 0) is 76.6 Å². The fourth-order valence-corrected chi connectivity index (χ4v) is 4.98. The van der Waals surface area contributed by atoms with Crippen LogP contribution in [0.5, 0.6) is 0 Å². The number of Topliss-reactive ketones (excluding diaryl/α,β-unsaturated/α-hetero) is 2. The average molecular weight is 666 g/mol. The van der Waals surface area contributed by atoms with Crippen LogP contribution in [-0.2, 0) is 33.4 Å². The molecule has 262 valence electrons. The molecule has 6 N–H and O–H groups in total.